The molecule has 2 aromatic rings. The van der Waals surface area contributed by atoms with Gasteiger partial charge < -0.3 is 32.1 Å². The Morgan fingerprint density at radius 1 is 1.24 bits per heavy atom. The number of rotatable bonds is 4. The Labute approximate surface area is 199 Å². The van der Waals surface area contributed by atoms with Gasteiger partial charge in [0.15, 0.2) is 0 Å². The van der Waals surface area contributed by atoms with Gasteiger partial charge in [-0.1, -0.05) is 17.8 Å². The lowest BCUT2D eigenvalue weighted by Crippen LogP contribution is -2.52. The summed E-state index contributed by atoms with van der Waals surface area (Å²) in [4.78, 5) is 20.7. The van der Waals surface area contributed by atoms with E-state index < -0.39 is 35.1 Å². The number of carbonyl (C=O) groups excluding carboxylic acids is 1. The van der Waals surface area contributed by atoms with Crippen molar-refractivity contribution in [3.05, 3.63) is 63.6 Å². The summed E-state index contributed by atoms with van der Waals surface area (Å²) < 4.78 is 29.8. The highest BCUT2D eigenvalue weighted by atomic mass is 32.2. The minimum Gasteiger partial charge on any atom is -0.392 e. The maximum Gasteiger partial charge on any atom is 0.268 e. The van der Waals surface area contributed by atoms with E-state index in [-0.39, 0.29) is 16.3 Å². The van der Waals surface area contributed by atoms with E-state index in [0.29, 0.717) is 25.2 Å². The van der Waals surface area contributed by atoms with Crippen LogP contribution >= 0.6 is 11.8 Å². The van der Waals surface area contributed by atoms with Gasteiger partial charge in [-0.15, -0.1) is 0 Å². The van der Waals surface area contributed by atoms with Crippen LogP contribution in [-0.4, -0.2) is 41.2 Å². The Morgan fingerprint density at radius 2 is 1.97 bits per heavy atom. The summed E-state index contributed by atoms with van der Waals surface area (Å²) in [6, 6.07) is 3.16. The minimum absolute atomic E-state index is 0.0278. The number of nitrogens with two attached hydrogens (primary N) is 3. The summed E-state index contributed by atoms with van der Waals surface area (Å²) in [5.41, 5.74) is 21.1. The minimum atomic E-state index is -0.993. The van der Waals surface area contributed by atoms with Crippen LogP contribution in [0.15, 0.2) is 35.1 Å². The van der Waals surface area contributed by atoms with E-state index in [4.69, 9.17) is 17.2 Å². The molecule has 1 fully saturated rings. The van der Waals surface area contributed by atoms with E-state index in [1.807, 2.05) is 0 Å². The fraction of sp³-hybridized carbons (Fsp3) is 0.391. The third-order valence-corrected chi connectivity index (χ3v) is 7.80. The second-order valence-electron chi connectivity index (χ2n) is 8.79. The highest BCUT2D eigenvalue weighted by Gasteiger charge is 2.42. The van der Waals surface area contributed by atoms with E-state index in [0.717, 1.165) is 48.0 Å². The number of pyridine rings is 1. The number of hydrogen-bond acceptors (Lipinski definition) is 8. The molecule has 180 valence electrons. The van der Waals surface area contributed by atoms with Crippen molar-refractivity contribution in [2.45, 2.75) is 43.2 Å². The lowest BCUT2D eigenvalue weighted by molar-refractivity contribution is -0.114. The standard InChI is InChI=1S/C23H26F2N6O2S/c24-12-4-2-5-13(25)18(12)23-31(20(21(27)33)22(28)34-23)16-9-29-15-6-1-3-11(15)19(16)30-8-7-17(32)14(26)10-30/h2,4-5,9,14,17,23,32H,1,3,6-8,10,26,28H2,(H2,27,33)/t14-,17-,23?/m0/s1. The maximum atomic E-state index is 14.9. The van der Waals surface area contributed by atoms with E-state index in [1.165, 1.54) is 23.1 Å². The summed E-state index contributed by atoms with van der Waals surface area (Å²) in [5.74, 6) is -2.30. The van der Waals surface area contributed by atoms with Gasteiger partial charge in [-0.25, -0.2) is 8.78 Å². The SMILES string of the molecule is NC(=O)C1=C(N)SC(c2c(F)cccc2F)N1c1cnc2c(c1N1CC[C@H](O)[C@@H](N)C1)CCC2. The molecule has 1 aromatic carbocycles. The predicted molar refractivity (Wildman–Crippen MR) is 127 cm³/mol. The van der Waals surface area contributed by atoms with Gasteiger partial charge in [0.2, 0.25) is 0 Å². The highest BCUT2D eigenvalue weighted by molar-refractivity contribution is 8.03. The Morgan fingerprint density at radius 3 is 2.65 bits per heavy atom. The van der Waals surface area contributed by atoms with Crippen molar-refractivity contribution in [2.75, 3.05) is 22.9 Å². The monoisotopic (exact) mass is 488 g/mol. The van der Waals surface area contributed by atoms with Gasteiger partial charge in [0.1, 0.15) is 22.7 Å². The van der Waals surface area contributed by atoms with E-state index in [9.17, 15) is 18.7 Å². The van der Waals surface area contributed by atoms with Crippen molar-refractivity contribution < 1.29 is 18.7 Å². The van der Waals surface area contributed by atoms with Crippen LogP contribution in [0.5, 0.6) is 0 Å². The molecule has 11 heteroatoms. The molecule has 0 bridgehead atoms. The van der Waals surface area contributed by atoms with E-state index in [1.54, 1.807) is 6.20 Å². The Balaban J connectivity index is 1.71. The van der Waals surface area contributed by atoms with Crippen molar-refractivity contribution >= 4 is 29.0 Å². The van der Waals surface area contributed by atoms with Gasteiger partial charge in [-0.05, 0) is 43.4 Å². The Kier molecular flexibility index (Phi) is 5.86. The van der Waals surface area contributed by atoms with Gasteiger partial charge in [-0.3, -0.25) is 9.78 Å². The zero-order valence-electron chi connectivity index (χ0n) is 18.4. The average Bonchev–Trinajstić information content (AvgIpc) is 3.39. The molecule has 0 radical (unpaired) electrons. The zero-order chi connectivity index (χ0) is 24.1. The zero-order valence-corrected chi connectivity index (χ0v) is 19.2. The number of fused-ring (bicyclic) bond motifs is 1. The average molecular weight is 489 g/mol. The lowest BCUT2D eigenvalue weighted by atomic mass is 10.00. The van der Waals surface area contributed by atoms with Crippen LogP contribution in [0.4, 0.5) is 20.2 Å². The molecule has 1 amide bonds. The van der Waals surface area contributed by atoms with Crippen molar-refractivity contribution in [1.29, 1.82) is 0 Å². The molecular formula is C23H26F2N6O2S. The number of carbonyl (C=O) groups is 1. The van der Waals surface area contributed by atoms with Gasteiger partial charge >= 0.3 is 0 Å². The molecule has 5 rings (SSSR count). The molecule has 1 aromatic heterocycles. The number of thioether (sulfide) groups is 1. The van der Waals surface area contributed by atoms with E-state index in [2.05, 4.69) is 9.88 Å². The van der Waals surface area contributed by atoms with E-state index >= 15 is 0 Å². The maximum absolute atomic E-state index is 14.9. The summed E-state index contributed by atoms with van der Waals surface area (Å²) in [6.45, 7) is 0.915. The van der Waals surface area contributed by atoms with Crippen LogP contribution in [0.2, 0.25) is 0 Å². The molecule has 1 saturated heterocycles. The van der Waals surface area contributed by atoms with Crippen molar-refractivity contribution in [2.24, 2.45) is 17.2 Å². The third kappa shape index (κ3) is 3.68. The first-order valence-electron chi connectivity index (χ1n) is 11.2. The first-order valence-corrected chi connectivity index (χ1v) is 12.0. The number of benzene rings is 1. The summed E-state index contributed by atoms with van der Waals surface area (Å²) in [6.07, 6.45) is 3.97. The normalized spacial score (nSPS) is 24.6. The number of aliphatic hydroxyl groups is 1. The predicted octanol–water partition coefficient (Wildman–Crippen LogP) is 1.61. The summed E-state index contributed by atoms with van der Waals surface area (Å²) in [5, 5.41) is 9.26. The van der Waals surface area contributed by atoms with Gasteiger partial charge in [-0.2, -0.15) is 0 Å². The van der Waals surface area contributed by atoms with Crippen molar-refractivity contribution in [1.82, 2.24) is 4.98 Å². The Hall–Kier alpha value is -2.89. The second kappa shape index (κ2) is 8.71. The van der Waals surface area contributed by atoms with Crippen LogP contribution < -0.4 is 27.0 Å². The van der Waals surface area contributed by atoms with Crippen LogP contribution in [0.3, 0.4) is 0 Å². The number of aliphatic hydroxyl groups excluding tert-OH is 1. The molecule has 0 saturated carbocycles. The first kappa shape index (κ1) is 22.9. The van der Waals surface area contributed by atoms with Gasteiger partial charge in [0, 0.05) is 24.8 Å². The number of amides is 1. The fourth-order valence-electron chi connectivity index (χ4n) is 5.07. The van der Waals surface area contributed by atoms with Crippen molar-refractivity contribution in [3.8, 4) is 0 Å². The molecule has 0 spiro atoms. The van der Waals surface area contributed by atoms with Crippen LogP contribution in [-0.2, 0) is 17.6 Å². The molecule has 3 heterocycles. The molecule has 1 aliphatic carbocycles. The molecule has 3 aliphatic rings. The summed E-state index contributed by atoms with van der Waals surface area (Å²) >= 11 is 0.967. The molecule has 8 nitrogen and oxygen atoms in total. The molecular weight excluding hydrogens is 462 g/mol. The second-order valence-corrected chi connectivity index (χ2v) is 9.91. The number of nitrogens with zero attached hydrogens (tertiary/aromatic N) is 3. The number of piperidine rings is 1. The largest absolute Gasteiger partial charge is 0.392 e. The Bertz CT molecular complexity index is 1170. The molecule has 2 aliphatic heterocycles. The number of primary amides is 1. The lowest BCUT2D eigenvalue weighted by Gasteiger charge is -2.40. The first-order chi connectivity index (χ1) is 16.3. The molecule has 3 atom stereocenters. The molecule has 7 N–H and O–H groups in total. The van der Waals surface area contributed by atoms with Crippen molar-refractivity contribution in [3.63, 3.8) is 0 Å². The molecule has 1 unspecified atom stereocenters. The number of aryl methyl sites for hydroxylation is 1. The topological polar surface area (TPSA) is 135 Å². The number of aromatic nitrogens is 1. The quantitative estimate of drug-likeness (QED) is 0.510. The third-order valence-electron chi connectivity index (χ3n) is 6.68. The smallest absolute Gasteiger partial charge is 0.268 e. The summed E-state index contributed by atoms with van der Waals surface area (Å²) in [7, 11) is 0. The highest BCUT2D eigenvalue weighted by Crippen LogP contribution is 2.52. The van der Waals surface area contributed by atoms with Crippen LogP contribution in [0.1, 0.15) is 35.0 Å². The van der Waals surface area contributed by atoms with Crippen LogP contribution in [0, 0.1) is 11.6 Å². The fourth-order valence-corrected chi connectivity index (χ4v) is 6.29. The van der Waals surface area contributed by atoms with Crippen LogP contribution in [0.25, 0.3) is 0 Å². The number of hydrogen-bond donors (Lipinski definition) is 4. The number of anilines is 2. The van der Waals surface area contributed by atoms with Gasteiger partial charge in [0.25, 0.3) is 5.91 Å². The molecule has 34 heavy (non-hydrogen) atoms. The van der Waals surface area contributed by atoms with Gasteiger partial charge in [0.05, 0.1) is 34.3 Å². The number of halogens is 2.